The molecule has 1 saturated heterocycles. The minimum atomic E-state index is -0.827. The summed E-state index contributed by atoms with van der Waals surface area (Å²) in [7, 11) is 0. The van der Waals surface area contributed by atoms with Gasteiger partial charge < -0.3 is 19.5 Å². The largest absolute Gasteiger partial charge is 0.451 e. The number of piperidine rings is 1. The second kappa shape index (κ2) is 15.2. The fourth-order valence-corrected chi connectivity index (χ4v) is 6.51. The molecule has 1 aliphatic heterocycles. The maximum absolute atomic E-state index is 13.8. The predicted molar refractivity (Wildman–Crippen MR) is 191 cm³/mol. The van der Waals surface area contributed by atoms with Crippen LogP contribution in [0.1, 0.15) is 74.1 Å². The smallest absolute Gasteiger partial charge is 0.287 e. The molecule has 246 valence electrons. The molecular formula is C38H41Cl2N3O4. The van der Waals surface area contributed by atoms with Crippen LogP contribution in [0.5, 0.6) is 0 Å². The van der Waals surface area contributed by atoms with Gasteiger partial charge in [-0.05, 0) is 67.6 Å². The van der Waals surface area contributed by atoms with Gasteiger partial charge in [-0.15, -0.1) is 0 Å². The maximum atomic E-state index is 13.8. The van der Waals surface area contributed by atoms with E-state index in [2.05, 4.69) is 42.3 Å². The third kappa shape index (κ3) is 8.27. The van der Waals surface area contributed by atoms with Crippen LogP contribution in [0.4, 0.5) is 5.69 Å². The summed E-state index contributed by atoms with van der Waals surface area (Å²) in [5, 5.41) is 4.61. The van der Waals surface area contributed by atoms with Crippen LogP contribution < -0.4 is 15.6 Å². The van der Waals surface area contributed by atoms with Crippen molar-refractivity contribution in [2.75, 3.05) is 24.5 Å². The Balaban J connectivity index is 1.40. The van der Waals surface area contributed by atoms with E-state index in [1.165, 1.54) is 11.6 Å². The average molecular weight is 675 g/mol. The number of hydrogen-bond donors (Lipinski definition) is 1. The van der Waals surface area contributed by atoms with Gasteiger partial charge in [0.1, 0.15) is 5.58 Å². The van der Waals surface area contributed by atoms with Crippen molar-refractivity contribution in [3.05, 3.63) is 122 Å². The lowest BCUT2D eigenvalue weighted by molar-refractivity contribution is -0.118. The van der Waals surface area contributed by atoms with E-state index < -0.39 is 11.4 Å². The first kappa shape index (κ1) is 34.3. The number of fused-ring (bicyclic) bond motifs is 1. The molecule has 4 aromatic rings. The lowest BCUT2D eigenvalue weighted by Crippen LogP contribution is -2.49. The van der Waals surface area contributed by atoms with Crippen LogP contribution in [0.25, 0.3) is 11.0 Å². The Morgan fingerprint density at radius 2 is 1.74 bits per heavy atom. The molecule has 2 heterocycles. The SMILES string of the molecule is CCCCN(C=O)Cc1ccccc1N1CCC(=CC(C)(NC(=O)c2cc(=O)c3ccc(Cl)cc3o2)C(C)c2ccc(Cl)cc2)CC1. The molecule has 0 saturated carbocycles. The fourth-order valence-electron chi connectivity index (χ4n) is 6.22. The quantitative estimate of drug-likeness (QED) is 0.121. The van der Waals surface area contributed by atoms with Gasteiger partial charge in [-0.3, -0.25) is 14.4 Å². The molecule has 3 aromatic carbocycles. The van der Waals surface area contributed by atoms with Crippen molar-refractivity contribution in [3.8, 4) is 0 Å². The molecule has 1 N–H and O–H groups in total. The lowest BCUT2D eigenvalue weighted by atomic mass is 9.79. The van der Waals surface area contributed by atoms with Crippen LogP contribution in [0, 0.1) is 0 Å². The normalized spacial score (nSPS) is 15.2. The first-order valence-electron chi connectivity index (χ1n) is 16.1. The maximum Gasteiger partial charge on any atom is 0.287 e. The number of para-hydroxylation sites is 1. The Morgan fingerprint density at radius 3 is 2.45 bits per heavy atom. The third-order valence-corrected chi connectivity index (χ3v) is 9.62. The number of nitrogens with zero attached hydrogens (tertiary/aromatic N) is 2. The van der Waals surface area contributed by atoms with Crippen LogP contribution in [0.2, 0.25) is 10.0 Å². The Bertz CT molecular complexity index is 1810. The topological polar surface area (TPSA) is 82.9 Å². The van der Waals surface area contributed by atoms with Gasteiger partial charge in [-0.2, -0.15) is 0 Å². The fraction of sp³-hybridized carbons (Fsp3) is 0.342. The first-order chi connectivity index (χ1) is 22.6. The molecule has 2 unspecified atom stereocenters. The molecule has 47 heavy (non-hydrogen) atoms. The van der Waals surface area contributed by atoms with Gasteiger partial charge in [0.05, 0.1) is 10.9 Å². The van der Waals surface area contributed by atoms with Gasteiger partial charge >= 0.3 is 0 Å². The van der Waals surface area contributed by atoms with Gasteiger partial charge in [-0.1, -0.05) is 85.5 Å². The second-order valence-electron chi connectivity index (χ2n) is 12.5. The number of nitrogens with one attached hydrogen (secondary N) is 1. The highest BCUT2D eigenvalue weighted by Crippen LogP contribution is 2.34. The summed E-state index contributed by atoms with van der Waals surface area (Å²) in [6.45, 7) is 9.13. The number of carbonyl (C=O) groups is 2. The van der Waals surface area contributed by atoms with Gasteiger partial charge in [-0.25, -0.2) is 0 Å². The van der Waals surface area contributed by atoms with Crippen molar-refractivity contribution < 1.29 is 14.0 Å². The number of carbonyl (C=O) groups excluding carboxylic acids is 2. The number of anilines is 1. The molecule has 2 amide bonds. The zero-order valence-electron chi connectivity index (χ0n) is 27.1. The third-order valence-electron chi connectivity index (χ3n) is 9.13. The van der Waals surface area contributed by atoms with Crippen LogP contribution in [-0.2, 0) is 11.3 Å². The van der Waals surface area contributed by atoms with E-state index in [-0.39, 0.29) is 22.7 Å². The van der Waals surface area contributed by atoms with E-state index in [9.17, 15) is 14.4 Å². The van der Waals surface area contributed by atoms with E-state index in [0.717, 1.165) is 68.5 Å². The summed E-state index contributed by atoms with van der Waals surface area (Å²) in [6, 6.07) is 21.9. The van der Waals surface area contributed by atoms with Gasteiger partial charge in [0.25, 0.3) is 5.91 Å². The number of halogens is 2. The monoisotopic (exact) mass is 673 g/mol. The van der Waals surface area contributed by atoms with Crippen molar-refractivity contribution in [1.82, 2.24) is 10.2 Å². The van der Waals surface area contributed by atoms with Crippen LogP contribution >= 0.6 is 23.2 Å². The highest BCUT2D eigenvalue weighted by molar-refractivity contribution is 6.31. The molecule has 2 atom stereocenters. The second-order valence-corrected chi connectivity index (χ2v) is 13.3. The molecule has 0 bridgehead atoms. The van der Waals surface area contributed by atoms with Crippen LogP contribution in [0.3, 0.4) is 0 Å². The summed E-state index contributed by atoms with van der Waals surface area (Å²) in [5.74, 6) is -0.709. The Hall–Kier alpha value is -4.07. The van der Waals surface area contributed by atoms with E-state index in [4.69, 9.17) is 27.6 Å². The summed E-state index contributed by atoms with van der Waals surface area (Å²) in [5.41, 5.74) is 3.64. The summed E-state index contributed by atoms with van der Waals surface area (Å²) in [4.78, 5) is 42.6. The molecule has 1 aliphatic rings. The summed E-state index contributed by atoms with van der Waals surface area (Å²) in [6.07, 6.45) is 6.74. The molecule has 0 radical (unpaired) electrons. The zero-order valence-corrected chi connectivity index (χ0v) is 28.6. The predicted octanol–water partition coefficient (Wildman–Crippen LogP) is 8.38. The Morgan fingerprint density at radius 1 is 1.04 bits per heavy atom. The number of hydrogen-bond acceptors (Lipinski definition) is 5. The van der Waals surface area contributed by atoms with E-state index >= 15 is 0 Å². The van der Waals surface area contributed by atoms with Gasteiger partial charge in [0.2, 0.25) is 6.41 Å². The van der Waals surface area contributed by atoms with E-state index in [0.29, 0.717) is 22.0 Å². The van der Waals surface area contributed by atoms with E-state index in [1.807, 2.05) is 48.2 Å². The first-order valence-corrected chi connectivity index (χ1v) is 16.9. The summed E-state index contributed by atoms with van der Waals surface area (Å²) >= 11 is 12.3. The molecule has 5 rings (SSSR count). The molecule has 7 nitrogen and oxygen atoms in total. The number of rotatable bonds is 12. The number of unbranched alkanes of at least 4 members (excludes halogenated alkanes) is 1. The van der Waals surface area contributed by atoms with Crippen molar-refractivity contribution in [2.45, 2.75) is 64.5 Å². The average Bonchev–Trinajstić information content (AvgIpc) is 3.07. The van der Waals surface area contributed by atoms with E-state index in [1.54, 1.807) is 18.2 Å². The highest BCUT2D eigenvalue weighted by Gasteiger charge is 2.34. The lowest BCUT2D eigenvalue weighted by Gasteiger charge is -2.38. The minimum Gasteiger partial charge on any atom is -0.451 e. The highest BCUT2D eigenvalue weighted by atomic mass is 35.5. The molecule has 0 spiro atoms. The Kier molecular flexibility index (Phi) is 11.1. The number of benzene rings is 3. The van der Waals surface area contributed by atoms with Crippen molar-refractivity contribution >= 4 is 52.2 Å². The molecule has 9 heteroatoms. The molecule has 0 aliphatic carbocycles. The zero-order chi connectivity index (χ0) is 33.6. The van der Waals surface area contributed by atoms with Gasteiger partial charge in [0.15, 0.2) is 11.2 Å². The molecular weight excluding hydrogens is 633 g/mol. The summed E-state index contributed by atoms with van der Waals surface area (Å²) < 4.78 is 5.89. The van der Waals surface area contributed by atoms with Crippen molar-refractivity contribution in [2.24, 2.45) is 0 Å². The molecule has 1 aromatic heterocycles. The van der Waals surface area contributed by atoms with Crippen LogP contribution in [-0.4, -0.2) is 42.4 Å². The van der Waals surface area contributed by atoms with Crippen molar-refractivity contribution in [1.29, 1.82) is 0 Å². The number of amides is 2. The van der Waals surface area contributed by atoms with Crippen LogP contribution in [0.15, 0.2) is 93.7 Å². The van der Waals surface area contributed by atoms with Crippen molar-refractivity contribution in [3.63, 3.8) is 0 Å². The molecule has 1 fully saturated rings. The van der Waals surface area contributed by atoms with Gasteiger partial charge in [0, 0.05) is 60.0 Å². The standard InChI is InChI=1S/C38H41Cl2N3O4/c1-4-5-18-42(25-44)24-29-8-6-7-9-33(29)43-19-16-27(17-20-43)23-38(3,26(2)28-10-12-30(39)13-11-28)41-37(46)36-22-34(45)32-15-14-31(40)21-35(32)47-36/h6-15,21-23,25-26H,4-5,16-20,24H2,1-3H3,(H,41,46). The minimum absolute atomic E-state index is 0.0765. The Labute approximate surface area is 286 Å².